The summed E-state index contributed by atoms with van der Waals surface area (Å²) in [6.45, 7) is 5.90. The van der Waals surface area contributed by atoms with E-state index in [-0.39, 0.29) is 17.3 Å². The molecule has 0 fully saturated rings. The third kappa shape index (κ3) is 7.16. The van der Waals surface area contributed by atoms with Crippen LogP contribution in [0.1, 0.15) is 20.8 Å². The van der Waals surface area contributed by atoms with Gasteiger partial charge in [-0.25, -0.2) is 13.6 Å². The van der Waals surface area contributed by atoms with Gasteiger partial charge in [0.25, 0.3) is 0 Å². The first-order chi connectivity index (χ1) is 10.2. The van der Waals surface area contributed by atoms with Crippen molar-refractivity contribution >= 4 is 29.1 Å². The molecule has 0 atom stereocenters. The van der Waals surface area contributed by atoms with Gasteiger partial charge in [-0.2, -0.15) is 0 Å². The van der Waals surface area contributed by atoms with Crippen LogP contribution in [0.5, 0.6) is 0 Å². The number of anilines is 1. The molecule has 0 saturated carbocycles. The number of ether oxygens (including phenoxy) is 1. The first kappa shape index (κ1) is 18.1. The summed E-state index contributed by atoms with van der Waals surface area (Å²) in [4.78, 5) is 11.4. The van der Waals surface area contributed by atoms with Gasteiger partial charge in [0.2, 0.25) is 0 Å². The van der Waals surface area contributed by atoms with Crippen LogP contribution >= 0.6 is 12.2 Å². The monoisotopic (exact) mass is 331 g/mol. The lowest BCUT2D eigenvalue weighted by atomic mass is 10.2. The molecule has 0 aromatic heterocycles. The van der Waals surface area contributed by atoms with Gasteiger partial charge in [0.05, 0.1) is 5.69 Å². The Balaban J connectivity index is 2.28. The lowest BCUT2D eigenvalue weighted by molar-refractivity contribution is 0.0529. The second-order valence-electron chi connectivity index (χ2n) is 5.43. The maximum atomic E-state index is 13.4. The summed E-state index contributed by atoms with van der Waals surface area (Å²) in [5.41, 5.74) is -0.493. The maximum Gasteiger partial charge on any atom is 0.407 e. The third-order valence-electron chi connectivity index (χ3n) is 2.26. The first-order valence-electron chi connectivity index (χ1n) is 6.64. The molecule has 3 N–H and O–H groups in total. The SMILES string of the molecule is CC(C)(C)OC(=O)NCCNC(=S)Nc1ccc(F)cc1F. The van der Waals surface area contributed by atoms with Crippen LogP contribution in [0, 0.1) is 11.6 Å². The van der Waals surface area contributed by atoms with Gasteiger partial charge in [0.15, 0.2) is 5.11 Å². The molecule has 1 aromatic rings. The van der Waals surface area contributed by atoms with Gasteiger partial charge >= 0.3 is 6.09 Å². The summed E-state index contributed by atoms with van der Waals surface area (Å²) >= 11 is 4.97. The normalized spacial score (nSPS) is 10.8. The average Bonchev–Trinajstić information content (AvgIpc) is 2.36. The number of nitrogens with one attached hydrogen (secondary N) is 3. The number of carbonyl (C=O) groups excluding carboxylic acids is 1. The summed E-state index contributed by atoms with van der Waals surface area (Å²) in [5, 5.41) is 8.09. The molecule has 0 aliphatic carbocycles. The zero-order chi connectivity index (χ0) is 16.8. The predicted molar refractivity (Wildman–Crippen MR) is 84.8 cm³/mol. The molecule has 0 unspecified atom stereocenters. The van der Waals surface area contributed by atoms with Crippen molar-refractivity contribution < 1.29 is 18.3 Å². The van der Waals surface area contributed by atoms with Gasteiger partial charge in [-0.15, -0.1) is 0 Å². The topological polar surface area (TPSA) is 62.4 Å². The van der Waals surface area contributed by atoms with E-state index < -0.39 is 23.3 Å². The van der Waals surface area contributed by atoms with E-state index in [9.17, 15) is 13.6 Å². The molecule has 122 valence electrons. The van der Waals surface area contributed by atoms with Gasteiger partial charge in [-0.05, 0) is 45.1 Å². The number of hydrogen-bond donors (Lipinski definition) is 3. The quantitative estimate of drug-likeness (QED) is 0.585. The highest BCUT2D eigenvalue weighted by molar-refractivity contribution is 7.80. The number of amides is 1. The minimum absolute atomic E-state index is 0.0685. The number of thiocarbonyl (C=S) groups is 1. The second kappa shape index (κ2) is 7.88. The number of benzene rings is 1. The fraction of sp³-hybridized carbons (Fsp3) is 0.429. The van der Waals surface area contributed by atoms with Crippen molar-refractivity contribution in [3.8, 4) is 0 Å². The van der Waals surface area contributed by atoms with Crippen LogP contribution in [0.4, 0.5) is 19.3 Å². The van der Waals surface area contributed by atoms with Crippen molar-refractivity contribution in [3.05, 3.63) is 29.8 Å². The van der Waals surface area contributed by atoms with Crippen molar-refractivity contribution in [1.29, 1.82) is 0 Å². The summed E-state index contributed by atoms with van der Waals surface area (Å²) in [7, 11) is 0. The zero-order valence-electron chi connectivity index (χ0n) is 12.6. The zero-order valence-corrected chi connectivity index (χ0v) is 13.4. The van der Waals surface area contributed by atoms with Crippen molar-refractivity contribution in [1.82, 2.24) is 10.6 Å². The van der Waals surface area contributed by atoms with Crippen molar-refractivity contribution in [2.45, 2.75) is 26.4 Å². The predicted octanol–water partition coefficient (Wildman–Crippen LogP) is 2.78. The minimum Gasteiger partial charge on any atom is -0.444 e. The number of rotatable bonds is 4. The summed E-state index contributed by atoms with van der Waals surface area (Å²) in [6, 6.07) is 3.13. The minimum atomic E-state index is -0.740. The molecule has 0 heterocycles. The Bertz CT molecular complexity index is 547. The first-order valence-corrected chi connectivity index (χ1v) is 7.05. The van der Waals surface area contributed by atoms with Gasteiger partial charge in [0, 0.05) is 19.2 Å². The summed E-state index contributed by atoms with van der Waals surface area (Å²) in [5.74, 6) is -1.40. The lowest BCUT2D eigenvalue weighted by Gasteiger charge is -2.19. The molecule has 22 heavy (non-hydrogen) atoms. The Morgan fingerprint density at radius 3 is 2.45 bits per heavy atom. The van der Waals surface area contributed by atoms with Gasteiger partial charge in [0.1, 0.15) is 17.2 Å². The Hall–Kier alpha value is -1.96. The van der Waals surface area contributed by atoms with E-state index in [2.05, 4.69) is 16.0 Å². The van der Waals surface area contributed by atoms with E-state index in [0.29, 0.717) is 6.54 Å². The molecule has 0 aliphatic rings. The van der Waals surface area contributed by atoms with E-state index in [1.165, 1.54) is 6.07 Å². The molecule has 0 aliphatic heterocycles. The van der Waals surface area contributed by atoms with Crippen LogP contribution in [-0.2, 0) is 4.74 Å². The molecule has 8 heteroatoms. The number of halogens is 2. The molecular formula is C14H19F2N3O2S. The lowest BCUT2D eigenvalue weighted by Crippen LogP contribution is -2.39. The maximum absolute atomic E-state index is 13.4. The molecule has 0 spiro atoms. The van der Waals surface area contributed by atoms with Gasteiger partial charge < -0.3 is 20.7 Å². The Kier molecular flexibility index (Phi) is 6.48. The smallest absolute Gasteiger partial charge is 0.407 e. The van der Waals surface area contributed by atoms with Crippen LogP contribution in [-0.4, -0.2) is 29.9 Å². The largest absolute Gasteiger partial charge is 0.444 e. The second-order valence-corrected chi connectivity index (χ2v) is 5.84. The third-order valence-corrected chi connectivity index (χ3v) is 2.50. The number of alkyl carbamates (subject to hydrolysis) is 1. The average molecular weight is 331 g/mol. The number of carbonyl (C=O) groups is 1. The standard InChI is InChI=1S/C14H19F2N3O2S/c1-14(2,3)21-13(20)18-7-6-17-12(22)19-11-5-4-9(15)8-10(11)16/h4-5,8H,6-7H2,1-3H3,(H,18,20)(H2,17,19,22). The van der Waals surface area contributed by atoms with Crippen molar-refractivity contribution in [2.75, 3.05) is 18.4 Å². The molecule has 1 amide bonds. The molecule has 1 rings (SSSR count). The van der Waals surface area contributed by atoms with E-state index in [4.69, 9.17) is 17.0 Å². The molecule has 0 bridgehead atoms. The number of hydrogen-bond acceptors (Lipinski definition) is 3. The van der Waals surface area contributed by atoms with Crippen molar-refractivity contribution in [3.63, 3.8) is 0 Å². The van der Waals surface area contributed by atoms with E-state index in [0.717, 1.165) is 12.1 Å². The van der Waals surface area contributed by atoms with Crippen LogP contribution < -0.4 is 16.0 Å². The van der Waals surface area contributed by atoms with Crippen LogP contribution in [0.15, 0.2) is 18.2 Å². The Morgan fingerprint density at radius 2 is 1.86 bits per heavy atom. The summed E-state index contributed by atoms with van der Waals surface area (Å²) in [6.07, 6.45) is -0.530. The van der Waals surface area contributed by atoms with Crippen LogP contribution in [0.2, 0.25) is 0 Å². The van der Waals surface area contributed by atoms with Crippen LogP contribution in [0.3, 0.4) is 0 Å². The van der Waals surface area contributed by atoms with E-state index in [1.807, 2.05) is 0 Å². The highest BCUT2D eigenvalue weighted by Crippen LogP contribution is 2.14. The molecule has 1 aromatic carbocycles. The van der Waals surface area contributed by atoms with Crippen molar-refractivity contribution in [2.24, 2.45) is 0 Å². The fourth-order valence-electron chi connectivity index (χ4n) is 1.41. The highest BCUT2D eigenvalue weighted by atomic mass is 32.1. The Labute approximate surface area is 133 Å². The molecule has 0 radical (unpaired) electrons. The molecule has 0 saturated heterocycles. The van der Waals surface area contributed by atoms with E-state index in [1.54, 1.807) is 20.8 Å². The summed E-state index contributed by atoms with van der Waals surface area (Å²) < 4.78 is 31.2. The van der Waals surface area contributed by atoms with Crippen LogP contribution in [0.25, 0.3) is 0 Å². The molecule has 5 nitrogen and oxygen atoms in total. The van der Waals surface area contributed by atoms with Gasteiger partial charge in [-0.1, -0.05) is 0 Å². The van der Waals surface area contributed by atoms with Gasteiger partial charge in [-0.3, -0.25) is 0 Å². The Morgan fingerprint density at radius 1 is 1.23 bits per heavy atom. The fourth-order valence-corrected chi connectivity index (χ4v) is 1.62. The van der Waals surface area contributed by atoms with E-state index >= 15 is 0 Å². The highest BCUT2D eigenvalue weighted by Gasteiger charge is 2.15. The molecular weight excluding hydrogens is 312 g/mol.